The van der Waals surface area contributed by atoms with Crippen molar-refractivity contribution >= 4 is 5.97 Å². The fourth-order valence-corrected chi connectivity index (χ4v) is 2.33. The Labute approximate surface area is 94.4 Å². The predicted molar refractivity (Wildman–Crippen MR) is 58.5 cm³/mol. The molecule has 0 unspecified atom stereocenters. The van der Waals surface area contributed by atoms with Crippen LogP contribution in [0.3, 0.4) is 0 Å². The zero-order chi connectivity index (χ0) is 11.1. The molecule has 2 fully saturated rings. The van der Waals surface area contributed by atoms with Crippen LogP contribution in [0.2, 0.25) is 0 Å². The molecule has 3 rings (SSSR count). The fourth-order valence-electron chi connectivity index (χ4n) is 2.33. The highest BCUT2D eigenvalue weighted by molar-refractivity contribution is 5.92. The van der Waals surface area contributed by atoms with Crippen LogP contribution in [0.15, 0.2) is 0 Å². The molecule has 1 heterocycles. The van der Waals surface area contributed by atoms with Gasteiger partial charge in [-0.3, -0.25) is 5.10 Å². The molecule has 2 aliphatic rings. The van der Waals surface area contributed by atoms with E-state index in [9.17, 15) is 4.79 Å². The Balaban J connectivity index is 1.99. The summed E-state index contributed by atoms with van der Waals surface area (Å²) in [7, 11) is 1.44. The first-order valence-electron chi connectivity index (χ1n) is 5.97. The van der Waals surface area contributed by atoms with E-state index in [0.717, 1.165) is 42.6 Å². The Kier molecular flexibility index (Phi) is 2.23. The summed E-state index contributed by atoms with van der Waals surface area (Å²) >= 11 is 0. The largest absolute Gasteiger partial charge is 0.465 e. The number of aromatic amines is 1. The number of rotatable bonds is 3. The van der Waals surface area contributed by atoms with Gasteiger partial charge in [0.2, 0.25) is 0 Å². The van der Waals surface area contributed by atoms with Crippen molar-refractivity contribution in [2.24, 2.45) is 0 Å². The van der Waals surface area contributed by atoms with Crippen LogP contribution in [0, 0.1) is 0 Å². The summed E-state index contributed by atoms with van der Waals surface area (Å²) in [4.78, 5) is 11.8. The second kappa shape index (κ2) is 3.61. The summed E-state index contributed by atoms with van der Waals surface area (Å²) in [5, 5.41) is 7.39. The van der Waals surface area contributed by atoms with Gasteiger partial charge in [-0.2, -0.15) is 5.10 Å². The van der Waals surface area contributed by atoms with Crippen molar-refractivity contribution in [2.75, 3.05) is 7.11 Å². The number of carbonyl (C=O) groups excluding carboxylic acids is 1. The van der Waals surface area contributed by atoms with Gasteiger partial charge in [-0.1, -0.05) is 6.42 Å². The van der Waals surface area contributed by atoms with Crippen molar-refractivity contribution in [2.45, 2.75) is 43.9 Å². The molecule has 4 heteroatoms. The molecule has 0 radical (unpaired) electrons. The SMILES string of the molecule is COC(=O)c1c(C2CCC2)n[nH]c1C1CC1. The second-order valence-corrected chi connectivity index (χ2v) is 4.79. The lowest BCUT2D eigenvalue weighted by Gasteiger charge is -2.24. The molecular formula is C12H16N2O2. The minimum Gasteiger partial charge on any atom is -0.465 e. The van der Waals surface area contributed by atoms with Gasteiger partial charge in [0.15, 0.2) is 0 Å². The third kappa shape index (κ3) is 1.44. The number of nitrogens with one attached hydrogen (secondary N) is 1. The van der Waals surface area contributed by atoms with Crippen molar-refractivity contribution in [3.63, 3.8) is 0 Å². The lowest BCUT2D eigenvalue weighted by atomic mass is 9.81. The van der Waals surface area contributed by atoms with Gasteiger partial charge < -0.3 is 4.74 Å². The Morgan fingerprint density at radius 1 is 1.31 bits per heavy atom. The highest BCUT2D eigenvalue weighted by atomic mass is 16.5. The first-order valence-corrected chi connectivity index (χ1v) is 5.97. The first-order chi connectivity index (χ1) is 7.81. The normalized spacial score (nSPS) is 20.6. The zero-order valence-corrected chi connectivity index (χ0v) is 9.45. The van der Waals surface area contributed by atoms with Crippen LogP contribution < -0.4 is 0 Å². The molecule has 0 aromatic carbocycles. The lowest BCUT2D eigenvalue weighted by Crippen LogP contribution is -2.15. The van der Waals surface area contributed by atoms with Gasteiger partial charge in [-0.25, -0.2) is 4.79 Å². The molecule has 0 aliphatic heterocycles. The Hall–Kier alpha value is -1.32. The standard InChI is InChI=1S/C12H16N2O2/c1-16-12(15)9-10(7-3-2-4-7)13-14-11(9)8-5-6-8/h7-8H,2-6H2,1H3,(H,13,14). The summed E-state index contributed by atoms with van der Waals surface area (Å²) < 4.78 is 4.87. The van der Waals surface area contributed by atoms with Crippen molar-refractivity contribution < 1.29 is 9.53 Å². The van der Waals surface area contributed by atoms with Crippen molar-refractivity contribution in [1.29, 1.82) is 0 Å². The van der Waals surface area contributed by atoms with Crippen LogP contribution >= 0.6 is 0 Å². The maximum Gasteiger partial charge on any atom is 0.341 e. The summed E-state index contributed by atoms with van der Waals surface area (Å²) in [6.07, 6.45) is 5.88. The van der Waals surface area contributed by atoms with Crippen molar-refractivity contribution in [3.05, 3.63) is 17.0 Å². The molecule has 2 aliphatic carbocycles. The van der Waals surface area contributed by atoms with Gasteiger partial charge in [-0.15, -0.1) is 0 Å². The number of hydrogen-bond donors (Lipinski definition) is 1. The lowest BCUT2D eigenvalue weighted by molar-refractivity contribution is 0.0597. The van der Waals surface area contributed by atoms with E-state index in [1.807, 2.05) is 0 Å². The van der Waals surface area contributed by atoms with Gasteiger partial charge >= 0.3 is 5.97 Å². The van der Waals surface area contributed by atoms with Gasteiger partial charge in [0.05, 0.1) is 18.5 Å². The van der Waals surface area contributed by atoms with Crippen LogP contribution in [0.5, 0.6) is 0 Å². The molecule has 4 nitrogen and oxygen atoms in total. The topological polar surface area (TPSA) is 55.0 Å². The molecule has 0 atom stereocenters. The molecule has 1 aromatic heterocycles. The summed E-state index contributed by atoms with van der Waals surface area (Å²) in [5.74, 6) is 0.755. The fraction of sp³-hybridized carbons (Fsp3) is 0.667. The molecular weight excluding hydrogens is 204 g/mol. The second-order valence-electron chi connectivity index (χ2n) is 4.79. The minimum absolute atomic E-state index is 0.224. The van der Waals surface area contributed by atoms with E-state index in [0.29, 0.717) is 11.8 Å². The number of H-pyrrole nitrogens is 1. The molecule has 2 saturated carbocycles. The summed E-state index contributed by atoms with van der Waals surface area (Å²) in [5.41, 5.74) is 2.68. The number of nitrogens with zero attached hydrogens (tertiary/aromatic N) is 1. The van der Waals surface area contributed by atoms with E-state index in [1.54, 1.807) is 0 Å². The molecule has 16 heavy (non-hydrogen) atoms. The average molecular weight is 220 g/mol. The predicted octanol–water partition coefficient (Wildman–Crippen LogP) is 2.34. The number of aromatic nitrogens is 2. The van der Waals surface area contributed by atoms with Crippen LogP contribution in [0.25, 0.3) is 0 Å². The number of methoxy groups -OCH3 is 1. The smallest absolute Gasteiger partial charge is 0.341 e. The van der Waals surface area contributed by atoms with E-state index in [1.165, 1.54) is 13.5 Å². The van der Waals surface area contributed by atoms with E-state index in [2.05, 4.69) is 10.2 Å². The molecule has 0 amide bonds. The highest BCUT2D eigenvalue weighted by Gasteiger charge is 2.36. The van der Waals surface area contributed by atoms with Crippen LogP contribution in [-0.2, 0) is 4.74 Å². The van der Waals surface area contributed by atoms with E-state index in [-0.39, 0.29) is 5.97 Å². The number of esters is 1. The Morgan fingerprint density at radius 3 is 2.56 bits per heavy atom. The number of hydrogen-bond acceptors (Lipinski definition) is 3. The molecule has 86 valence electrons. The Bertz CT molecular complexity index is 417. The quantitative estimate of drug-likeness (QED) is 0.795. The number of carbonyl (C=O) groups is 1. The third-order valence-corrected chi connectivity index (χ3v) is 3.69. The highest BCUT2D eigenvalue weighted by Crippen LogP contribution is 2.44. The van der Waals surface area contributed by atoms with Crippen LogP contribution in [-0.4, -0.2) is 23.3 Å². The van der Waals surface area contributed by atoms with Crippen LogP contribution in [0.4, 0.5) is 0 Å². The molecule has 0 saturated heterocycles. The first kappa shape index (κ1) is 9.87. The maximum atomic E-state index is 11.8. The molecule has 1 N–H and O–H groups in total. The Morgan fingerprint density at radius 2 is 2.06 bits per heavy atom. The minimum atomic E-state index is -0.224. The van der Waals surface area contributed by atoms with E-state index < -0.39 is 0 Å². The monoisotopic (exact) mass is 220 g/mol. The number of ether oxygens (including phenoxy) is 1. The maximum absolute atomic E-state index is 11.8. The van der Waals surface area contributed by atoms with Gasteiger partial charge in [0, 0.05) is 11.8 Å². The van der Waals surface area contributed by atoms with Crippen molar-refractivity contribution in [3.8, 4) is 0 Å². The third-order valence-electron chi connectivity index (χ3n) is 3.69. The van der Waals surface area contributed by atoms with Gasteiger partial charge in [0.1, 0.15) is 5.56 Å². The summed E-state index contributed by atoms with van der Waals surface area (Å²) in [6, 6.07) is 0. The zero-order valence-electron chi connectivity index (χ0n) is 9.45. The molecule has 0 bridgehead atoms. The van der Waals surface area contributed by atoms with Crippen LogP contribution in [0.1, 0.15) is 65.7 Å². The van der Waals surface area contributed by atoms with E-state index in [4.69, 9.17) is 4.74 Å². The van der Waals surface area contributed by atoms with Crippen molar-refractivity contribution in [1.82, 2.24) is 10.2 Å². The summed E-state index contributed by atoms with van der Waals surface area (Å²) in [6.45, 7) is 0. The average Bonchev–Trinajstić information content (AvgIpc) is 2.97. The molecule has 0 spiro atoms. The van der Waals surface area contributed by atoms with Gasteiger partial charge in [0.25, 0.3) is 0 Å². The van der Waals surface area contributed by atoms with Gasteiger partial charge in [-0.05, 0) is 25.7 Å². The van der Waals surface area contributed by atoms with E-state index >= 15 is 0 Å². The molecule has 1 aromatic rings.